The highest BCUT2D eigenvalue weighted by Gasteiger charge is 2.32. The number of rotatable bonds is 5. The summed E-state index contributed by atoms with van der Waals surface area (Å²) in [5, 5.41) is 0. The third-order valence-electron chi connectivity index (χ3n) is 4.05. The van der Waals surface area contributed by atoms with E-state index < -0.39 is 16.0 Å². The molecule has 1 heterocycles. The van der Waals surface area contributed by atoms with Gasteiger partial charge < -0.3 is 4.74 Å². The van der Waals surface area contributed by atoms with Crippen molar-refractivity contribution in [3.05, 3.63) is 29.6 Å². The number of benzene rings is 1. The first kappa shape index (κ1) is 17.2. The lowest BCUT2D eigenvalue weighted by Crippen LogP contribution is -2.48. The lowest BCUT2D eigenvalue weighted by molar-refractivity contribution is 0.249. The van der Waals surface area contributed by atoms with Crippen LogP contribution in [0.3, 0.4) is 0 Å². The van der Waals surface area contributed by atoms with Gasteiger partial charge in [-0.05, 0) is 37.5 Å². The van der Waals surface area contributed by atoms with E-state index in [2.05, 4.69) is 0 Å². The molecule has 1 atom stereocenters. The van der Waals surface area contributed by atoms with Gasteiger partial charge in [0.25, 0.3) is 10.2 Å². The van der Waals surface area contributed by atoms with E-state index in [0.29, 0.717) is 12.1 Å². The molecule has 1 aliphatic heterocycles. The zero-order valence-corrected chi connectivity index (χ0v) is 14.1. The van der Waals surface area contributed by atoms with Crippen LogP contribution in [0.5, 0.6) is 5.75 Å². The quantitative estimate of drug-likeness (QED) is 0.833. The van der Waals surface area contributed by atoms with E-state index >= 15 is 0 Å². The average Bonchev–Trinajstić information content (AvgIpc) is 2.47. The summed E-state index contributed by atoms with van der Waals surface area (Å²) in [5.41, 5.74) is 0.592. The summed E-state index contributed by atoms with van der Waals surface area (Å²) in [7, 11) is -0.603. The molecule has 124 valence electrons. The Morgan fingerprint density at radius 3 is 2.73 bits per heavy atom. The van der Waals surface area contributed by atoms with E-state index in [4.69, 9.17) is 4.74 Å². The first-order valence-electron chi connectivity index (χ1n) is 7.41. The number of hydrogen-bond acceptors (Lipinski definition) is 3. The van der Waals surface area contributed by atoms with Crippen LogP contribution in [0.1, 0.15) is 31.7 Å². The van der Waals surface area contributed by atoms with Crippen LogP contribution in [0.4, 0.5) is 4.39 Å². The summed E-state index contributed by atoms with van der Waals surface area (Å²) in [5.74, 6) is -0.337. The van der Waals surface area contributed by atoms with Crippen LogP contribution in [-0.2, 0) is 16.8 Å². The Kier molecular flexibility index (Phi) is 5.41. The van der Waals surface area contributed by atoms with E-state index in [-0.39, 0.29) is 18.3 Å². The third-order valence-corrected chi connectivity index (χ3v) is 6.11. The Balaban J connectivity index is 2.13. The molecule has 0 bridgehead atoms. The van der Waals surface area contributed by atoms with Gasteiger partial charge in [-0.2, -0.15) is 17.0 Å². The number of methoxy groups -OCH3 is 1. The zero-order valence-electron chi connectivity index (χ0n) is 13.3. The molecule has 0 N–H and O–H groups in total. The minimum atomic E-state index is -3.52. The largest absolute Gasteiger partial charge is 0.494 e. The summed E-state index contributed by atoms with van der Waals surface area (Å²) in [6.07, 6.45) is 2.82. The van der Waals surface area contributed by atoms with Crippen molar-refractivity contribution in [3.8, 4) is 5.75 Å². The Hall–Kier alpha value is -1.18. The molecule has 2 rings (SSSR count). The minimum absolute atomic E-state index is 0.00815. The summed E-state index contributed by atoms with van der Waals surface area (Å²) < 4.78 is 46.7. The van der Waals surface area contributed by atoms with E-state index in [1.54, 1.807) is 6.07 Å². The van der Waals surface area contributed by atoms with E-state index in [1.165, 1.54) is 34.9 Å². The van der Waals surface area contributed by atoms with Gasteiger partial charge in [0.05, 0.1) is 7.11 Å². The van der Waals surface area contributed by atoms with Crippen molar-refractivity contribution in [2.24, 2.45) is 0 Å². The van der Waals surface area contributed by atoms with Gasteiger partial charge in [-0.3, -0.25) is 0 Å². The van der Waals surface area contributed by atoms with E-state index in [0.717, 1.165) is 19.3 Å². The molecule has 7 heteroatoms. The second-order valence-electron chi connectivity index (χ2n) is 5.69. The first-order valence-corrected chi connectivity index (χ1v) is 8.81. The maximum Gasteiger partial charge on any atom is 0.282 e. The summed E-state index contributed by atoms with van der Waals surface area (Å²) in [6.45, 7) is 2.61. The molecule has 0 spiro atoms. The molecule has 22 heavy (non-hydrogen) atoms. The fourth-order valence-corrected chi connectivity index (χ4v) is 4.33. The van der Waals surface area contributed by atoms with Crippen molar-refractivity contribution in [3.63, 3.8) is 0 Å². The summed E-state index contributed by atoms with van der Waals surface area (Å²) >= 11 is 0. The standard InChI is InChI=1S/C15H23FN2O3S/c1-12-6-4-5-9-18(12)22(19,20)17(2)11-13-7-8-15(21-3)14(16)10-13/h7-8,10,12H,4-6,9,11H2,1-3H3/t12-/m1/s1. The molecule has 0 aromatic heterocycles. The maximum absolute atomic E-state index is 13.7. The van der Waals surface area contributed by atoms with Crippen LogP contribution in [-0.4, -0.2) is 43.8 Å². The number of hydrogen-bond donors (Lipinski definition) is 0. The van der Waals surface area contributed by atoms with E-state index in [9.17, 15) is 12.8 Å². The molecule has 0 unspecified atom stereocenters. The molecule has 0 saturated carbocycles. The predicted octanol–water partition coefficient (Wildman–Crippen LogP) is 2.39. The van der Waals surface area contributed by atoms with Crippen LogP contribution in [0.2, 0.25) is 0 Å². The molecule has 1 aliphatic rings. The van der Waals surface area contributed by atoms with Crippen LogP contribution in [0.15, 0.2) is 18.2 Å². The smallest absolute Gasteiger partial charge is 0.282 e. The molecule has 0 radical (unpaired) electrons. The number of halogens is 1. The zero-order chi connectivity index (χ0) is 16.3. The number of ether oxygens (including phenoxy) is 1. The fourth-order valence-electron chi connectivity index (χ4n) is 2.74. The van der Waals surface area contributed by atoms with Crippen molar-refractivity contribution >= 4 is 10.2 Å². The predicted molar refractivity (Wildman–Crippen MR) is 83.4 cm³/mol. The molecule has 1 aromatic carbocycles. The highest BCUT2D eigenvalue weighted by Crippen LogP contribution is 2.24. The molecular formula is C15H23FN2O3S. The lowest BCUT2D eigenvalue weighted by Gasteiger charge is -2.35. The van der Waals surface area contributed by atoms with Gasteiger partial charge in [-0.1, -0.05) is 12.5 Å². The molecule has 1 saturated heterocycles. The first-order chi connectivity index (χ1) is 10.4. The highest BCUT2D eigenvalue weighted by atomic mass is 32.2. The Morgan fingerprint density at radius 1 is 1.41 bits per heavy atom. The number of nitrogens with zero attached hydrogens (tertiary/aromatic N) is 2. The molecule has 0 amide bonds. The normalized spacial score (nSPS) is 20.3. The van der Waals surface area contributed by atoms with Gasteiger partial charge in [0, 0.05) is 26.2 Å². The molecule has 0 aliphatic carbocycles. The maximum atomic E-state index is 13.7. The molecule has 1 aromatic rings. The molecule has 5 nitrogen and oxygen atoms in total. The van der Waals surface area contributed by atoms with Crippen molar-refractivity contribution < 1.29 is 17.5 Å². The topological polar surface area (TPSA) is 49.9 Å². The lowest BCUT2D eigenvalue weighted by atomic mass is 10.1. The van der Waals surface area contributed by atoms with Gasteiger partial charge in [0.1, 0.15) is 0 Å². The SMILES string of the molecule is COc1ccc(CN(C)S(=O)(=O)N2CCCC[C@H]2C)cc1F. The van der Waals surface area contributed by atoms with Crippen LogP contribution in [0.25, 0.3) is 0 Å². The fraction of sp³-hybridized carbons (Fsp3) is 0.600. The highest BCUT2D eigenvalue weighted by molar-refractivity contribution is 7.86. The van der Waals surface area contributed by atoms with Crippen molar-refractivity contribution in [1.82, 2.24) is 8.61 Å². The summed E-state index contributed by atoms with van der Waals surface area (Å²) in [4.78, 5) is 0. The van der Waals surface area contributed by atoms with Crippen LogP contribution in [0, 0.1) is 5.82 Å². The van der Waals surface area contributed by atoms with Crippen LogP contribution >= 0.6 is 0 Å². The van der Waals surface area contributed by atoms with Crippen LogP contribution < -0.4 is 4.74 Å². The second kappa shape index (κ2) is 6.93. The molecular weight excluding hydrogens is 307 g/mol. The van der Waals surface area contributed by atoms with Gasteiger partial charge in [0.15, 0.2) is 11.6 Å². The van der Waals surface area contributed by atoms with Crippen molar-refractivity contribution in [2.45, 2.75) is 38.8 Å². The third kappa shape index (κ3) is 3.59. The van der Waals surface area contributed by atoms with Gasteiger partial charge >= 0.3 is 0 Å². The number of piperidine rings is 1. The van der Waals surface area contributed by atoms with Crippen molar-refractivity contribution in [1.29, 1.82) is 0 Å². The van der Waals surface area contributed by atoms with E-state index in [1.807, 2.05) is 6.92 Å². The van der Waals surface area contributed by atoms with Gasteiger partial charge in [0.2, 0.25) is 0 Å². The minimum Gasteiger partial charge on any atom is -0.494 e. The van der Waals surface area contributed by atoms with Gasteiger partial charge in [-0.15, -0.1) is 0 Å². The average molecular weight is 330 g/mol. The van der Waals surface area contributed by atoms with Crippen molar-refractivity contribution in [2.75, 3.05) is 20.7 Å². The van der Waals surface area contributed by atoms with Gasteiger partial charge in [-0.25, -0.2) is 4.39 Å². The summed E-state index contributed by atoms with van der Waals surface area (Å²) in [6, 6.07) is 4.50. The monoisotopic (exact) mass is 330 g/mol. The second-order valence-corrected chi connectivity index (χ2v) is 7.68. The Bertz CT molecular complexity index is 621. The molecule has 1 fully saturated rings. The Labute approximate surface area is 131 Å². The Morgan fingerprint density at radius 2 is 2.14 bits per heavy atom.